The Morgan fingerprint density at radius 3 is 2.35 bits per heavy atom. The number of halogens is 1. The van der Waals surface area contributed by atoms with Gasteiger partial charge in [-0.2, -0.15) is 0 Å². The summed E-state index contributed by atoms with van der Waals surface area (Å²) in [5.41, 5.74) is 2.37. The monoisotopic (exact) mass is 378 g/mol. The molecule has 2 heterocycles. The van der Waals surface area contributed by atoms with E-state index in [0.29, 0.717) is 0 Å². The van der Waals surface area contributed by atoms with E-state index >= 15 is 0 Å². The van der Waals surface area contributed by atoms with Crippen molar-refractivity contribution in [1.29, 1.82) is 0 Å². The summed E-state index contributed by atoms with van der Waals surface area (Å²) < 4.78 is 7.27. The fourth-order valence-electron chi connectivity index (χ4n) is 3.20. The van der Waals surface area contributed by atoms with Crippen LogP contribution in [0.2, 0.25) is 0 Å². The first kappa shape index (κ1) is 16.8. The first-order chi connectivity index (χ1) is 10.7. The zero-order chi connectivity index (χ0) is 16.8. The van der Waals surface area contributed by atoms with Gasteiger partial charge in [0.15, 0.2) is 0 Å². The third-order valence-corrected chi connectivity index (χ3v) is 6.00. The molecule has 1 saturated heterocycles. The molecule has 0 aliphatic carbocycles. The molecule has 0 spiro atoms. The Hall–Kier alpha value is -1.00. The van der Waals surface area contributed by atoms with Gasteiger partial charge in [-0.05, 0) is 52.8 Å². The number of ether oxygens (including phenoxy) is 1. The van der Waals surface area contributed by atoms with E-state index in [9.17, 15) is 0 Å². The van der Waals surface area contributed by atoms with Gasteiger partial charge in [-0.25, -0.2) is 0 Å². The first-order valence-corrected chi connectivity index (χ1v) is 9.17. The molecule has 0 bridgehead atoms. The highest BCUT2D eigenvalue weighted by molar-refractivity contribution is 9.11. The van der Waals surface area contributed by atoms with Gasteiger partial charge in [0.1, 0.15) is 11.4 Å². The van der Waals surface area contributed by atoms with E-state index in [0.717, 1.165) is 42.0 Å². The minimum Gasteiger partial charge on any atom is -0.482 e. The van der Waals surface area contributed by atoms with Crippen molar-refractivity contribution in [2.24, 2.45) is 0 Å². The maximum absolute atomic E-state index is 6.19. The van der Waals surface area contributed by atoms with Gasteiger partial charge in [0.25, 0.3) is 0 Å². The molecule has 2 aliphatic rings. The lowest BCUT2D eigenvalue weighted by Gasteiger charge is -2.43. The summed E-state index contributed by atoms with van der Waals surface area (Å²) in [5.74, 6) is 0.981. The van der Waals surface area contributed by atoms with Crippen LogP contribution in [0.25, 0.3) is 6.08 Å². The molecule has 23 heavy (non-hydrogen) atoms. The van der Waals surface area contributed by atoms with Crippen LogP contribution in [-0.2, 0) is 0 Å². The molecule has 1 aromatic rings. The van der Waals surface area contributed by atoms with Crippen LogP contribution in [0, 0.1) is 0 Å². The van der Waals surface area contributed by atoms with Crippen molar-refractivity contribution in [1.82, 2.24) is 4.90 Å². The van der Waals surface area contributed by atoms with Crippen molar-refractivity contribution in [3.8, 4) is 5.75 Å². The lowest BCUT2D eigenvalue weighted by Crippen LogP contribution is -2.53. The van der Waals surface area contributed by atoms with E-state index in [-0.39, 0.29) is 11.1 Å². The zero-order valence-electron chi connectivity index (χ0n) is 14.8. The van der Waals surface area contributed by atoms with Gasteiger partial charge >= 0.3 is 0 Å². The molecule has 0 radical (unpaired) electrons. The Bertz CT molecular complexity index is 623. The topological polar surface area (TPSA) is 15.7 Å². The Morgan fingerprint density at radius 1 is 1.09 bits per heavy atom. The maximum Gasteiger partial charge on any atom is 0.135 e. The molecule has 3 nitrogen and oxygen atoms in total. The van der Waals surface area contributed by atoms with Gasteiger partial charge < -0.3 is 9.64 Å². The number of fused-ring (bicyclic) bond motifs is 1. The highest BCUT2D eigenvalue weighted by Crippen LogP contribution is 2.40. The van der Waals surface area contributed by atoms with E-state index in [2.05, 4.69) is 84.6 Å². The lowest BCUT2D eigenvalue weighted by atomic mass is 10.0. The lowest BCUT2D eigenvalue weighted by molar-refractivity contribution is 0.128. The predicted octanol–water partition coefficient (Wildman–Crippen LogP) is 4.51. The predicted molar refractivity (Wildman–Crippen MR) is 102 cm³/mol. The molecule has 3 rings (SSSR count). The third-order valence-electron chi connectivity index (χ3n) is 4.81. The summed E-state index contributed by atoms with van der Waals surface area (Å²) in [5, 5.41) is 0. The molecule has 0 atom stereocenters. The van der Waals surface area contributed by atoms with Crippen molar-refractivity contribution in [3.05, 3.63) is 28.2 Å². The minimum absolute atomic E-state index is 0.256. The SMILES string of the molecule is CC1(C)Oc2cc(N3CCN(C(C)(C)C)CC3)ccc2C=C1Br. The van der Waals surface area contributed by atoms with Crippen LogP contribution in [0.1, 0.15) is 40.2 Å². The van der Waals surface area contributed by atoms with Crippen molar-refractivity contribution in [2.75, 3.05) is 31.1 Å². The van der Waals surface area contributed by atoms with E-state index < -0.39 is 0 Å². The van der Waals surface area contributed by atoms with Crippen molar-refractivity contribution >= 4 is 27.7 Å². The number of piperazine rings is 1. The highest BCUT2D eigenvalue weighted by atomic mass is 79.9. The maximum atomic E-state index is 6.19. The standard InChI is InChI=1S/C19H27BrN2O/c1-18(2,3)22-10-8-21(9-11-22)15-7-6-14-12-17(20)19(4,5)23-16(14)13-15/h6-7,12-13H,8-11H2,1-5H3. The summed E-state index contributed by atoms with van der Waals surface area (Å²) in [7, 11) is 0. The van der Waals surface area contributed by atoms with Crippen LogP contribution in [0.3, 0.4) is 0 Å². The van der Waals surface area contributed by atoms with Crippen LogP contribution in [0.15, 0.2) is 22.7 Å². The average Bonchev–Trinajstić information content (AvgIpc) is 2.47. The van der Waals surface area contributed by atoms with Gasteiger partial charge in [0.05, 0.1) is 0 Å². The van der Waals surface area contributed by atoms with Crippen LogP contribution < -0.4 is 9.64 Å². The molecule has 0 unspecified atom stereocenters. The normalized spacial score (nSPS) is 21.5. The molecular weight excluding hydrogens is 352 g/mol. The number of hydrogen-bond donors (Lipinski definition) is 0. The summed E-state index contributed by atoms with van der Waals surface area (Å²) in [6, 6.07) is 6.57. The molecule has 0 N–H and O–H groups in total. The molecule has 0 amide bonds. The first-order valence-electron chi connectivity index (χ1n) is 8.37. The van der Waals surface area contributed by atoms with Crippen LogP contribution in [-0.4, -0.2) is 42.2 Å². The van der Waals surface area contributed by atoms with E-state index in [1.807, 2.05) is 0 Å². The van der Waals surface area contributed by atoms with Gasteiger partial charge in [-0.1, -0.05) is 15.9 Å². The van der Waals surface area contributed by atoms with Crippen LogP contribution in [0.4, 0.5) is 5.69 Å². The fraction of sp³-hybridized carbons (Fsp3) is 0.579. The van der Waals surface area contributed by atoms with E-state index in [1.165, 1.54) is 5.69 Å². The average molecular weight is 379 g/mol. The Morgan fingerprint density at radius 2 is 1.74 bits per heavy atom. The molecule has 1 fully saturated rings. The number of hydrogen-bond acceptors (Lipinski definition) is 3. The fourth-order valence-corrected chi connectivity index (χ4v) is 3.52. The molecule has 4 heteroatoms. The summed E-state index contributed by atoms with van der Waals surface area (Å²) in [6.07, 6.45) is 2.17. The second-order valence-corrected chi connectivity index (χ2v) is 8.83. The van der Waals surface area contributed by atoms with Gasteiger partial charge in [0.2, 0.25) is 0 Å². The Labute approximate surface area is 148 Å². The molecular formula is C19H27BrN2O. The van der Waals surface area contributed by atoms with E-state index in [1.54, 1.807) is 0 Å². The van der Waals surface area contributed by atoms with Crippen molar-refractivity contribution in [3.63, 3.8) is 0 Å². The van der Waals surface area contributed by atoms with Crippen molar-refractivity contribution < 1.29 is 4.74 Å². The van der Waals surface area contributed by atoms with E-state index in [4.69, 9.17) is 4.74 Å². The molecule has 2 aliphatic heterocycles. The van der Waals surface area contributed by atoms with Crippen LogP contribution in [0.5, 0.6) is 5.75 Å². The number of anilines is 1. The zero-order valence-corrected chi connectivity index (χ0v) is 16.4. The number of rotatable bonds is 1. The molecule has 126 valence electrons. The largest absolute Gasteiger partial charge is 0.482 e. The Balaban J connectivity index is 1.77. The van der Waals surface area contributed by atoms with Gasteiger partial charge in [-0.3, -0.25) is 4.90 Å². The van der Waals surface area contributed by atoms with Gasteiger partial charge in [0, 0.05) is 53.5 Å². The highest BCUT2D eigenvalue weighted by Gasteiger charge is 2.30. The molecule has 0 saturated carbocycles. The third kappa shape index (κ3) is 3.43. The minimum atomic E-state index is -0.295. The van der Waals surface area contributed by atoms with Crippen molar-refractivity contribution in [2.45, 2.75) is 45.8 Å². The Kier molecular flexibility index (Phi) is 4.26. The summed E-state index contributed by atoms with van der Waals surface area (Å²) in [4.78, 5) is 5.02. The molecule has 0 aromatic heterocycles. The number of benzene rings is 1. The second-order valence-electron chi connectivity index (χ2n) is 7.97. The quantitative estimate of drug-likeness (QED) is 0.714. The van der Waals surface area contributed by atoms with Crippen LogP contribution >= 0.6 is 15.9 Å². The smallest absolute Gasteiger partial charge is 0.135 e. The molecule has 1 aromatic carbocycles. The summed E-state index contributed by atoms with van der Waals surface area (Å²) in [6.45, 7) is 15.4. The summed E-state index contributed by atoms with van der Waals surface area (Å²) >= 11 is 3.62. The second kappa shape index (κ2) is 5.82. The van der Waals surface area contributed by atoms with Gasteiger partial charge in [-0.15, -0.1) is 0 Å². The number of nitrogens with zero attached hydrogens (tertiary/aromatic N) is 2.